The van der Waals surface area contributed by atoms with Crippen LogP contribution in [0.15, 0.2) is 46.0 Å². The zero-order valence-corrected chi connectivity index (χ0v) is 18.6. The van der Waals surface area contributed by atoms with E-state index in [4.69, 9.17) is 32.4 Å². The minimum atomic E-state index is -0.581. The molecule has 0 radical (unpaired) electrons. The van der Waals surface area contributed by atoms with E-state index in [2.05, 4.69) is 15.5 Å². The van der Waals surface area contributed by atoms with Gasteiger partial charge < -0.3 is 14.5 Å². The maximum Gasteiger partial charge on any atom is 0.277 e. The van der Waals surface area contributed by atoms with Gasteiger partial charge in [-0.25, -0.2) is 0 Å². The fraction of sp³-hybridized carbons (Fsp3) is 0.211. The summed E-state index contributed by atoms with van der Waals surface area (Å²) in [4.78, 5) is 22.7. The van der Waals surface area contributed by atoms with E-state index in [9.17, 15) is 14.9 Å². The Morgan fingerprint density at radius 1 is 1.29 bits per heavy atom. The molecule has 9 nitrogen and oxygen atoms in total. The quantitative estimate of drug-likeness (QED) is 0.255. The molecule has 0 aliphatic carbocycles. The van der Waals surface area contributed by atoms with Crippen LogP contribution in [0.25, 0.3) is 0 Å². The van der Waals surface area contributed by atoms with Gasteiger partial charge in [0, 0.05) is 22.3 Å². The molecule has 1 aromatic heterocycles. The molecule has 1 amide bonds. The van der Waals surface area contributed by atoms with Crippen LogP contribution in [0, 0.1) is 17.0 Å². The lowest BCUT2D eigenvalue weighted by atomic mass is 10.2. The number of thioether (sulfide) groups is 1. The van der Waals surface area contributed by atoms with Gasteiger partial charge in [-0.3, -0.25) is 14.9 Å². The highest BCUT2D eigenvalue weighted by molar-refractivity contribution is 7.99. The van der Waals surface area contributed by atoms with E-state index >= 15 is 0 Å². The second kappa shape index (κ2) is 9.99. The Morgan fingerprint density at radius 2 is 2.06 bits per heavy atom. The van der Waals surface area contributed by atoms with Gasteiger partial charge in [-0.05, 0) is 38.1 Å². The number of nitro groups is 1. The Hall–Kier alpha value is -2.82. The number of aromatic nitrogens is 2. The van der Waals surface area contributed by atoms with Gasteiger partial charge in [0.2, 0.25) is 5.91 Å². The van der Waals surface area contributed by atoms with Crippen molar-refractivity contribution in [1.29, 1.82) is 0 Å². The van der Waals surface area contributed by atoms with Gasteiger partial charge in [0.05, 0.1) is 15.7 Å². The van der Waals surface area contributed by atoms with Crippen molar-refractivity contribution in [3.8, 4) is 5.75 Å². The van der Waals surface area contributed by atoms with Crippen molar-refractivity contribution < 1.29 is 18.9 Å². The van der Waals surface area contributed by atoms with Crippen molar-refractivity contribution in [3.63, 3.8) is 0 Å². The van der Waals surface area contributed by atoms with Crippen LogP contribution in [0.5, 0.6) is 5.75 Å². The number of rotatable bonds is 8. The van der Waals surface area contributed by atoms with Crippen molar-refractivity contribution in [3.05, 3.63) is 68.0 Å². The number of nitrogens with zero attached hydrogens (tertiary/aromatic N) is 3. The summed E-state index contributed by atoms with van der Waals surface area (Å²) in [6.45, 7) is 3.34. The normalized spacial score (nSPS) is 11.7. The summed E-state index contributed by atoms with van der Waals surface area (Å²) in [5, 5.41) is 22.4. The zero-order valence-electron chi connectivity index (χ0n) is 16.3. The molecule has 0 saturated heterocycles. The fourth-order valence-electron chi connectivity index (χ4n) is 2.46. The summed E-state index contributed by atoms with van der Waals surface area (Å²) in [5.41, 5.74) is 0.768. The first kappa shape index (κ1) is 22.9. The lowest BCUT2D eigenvalue weighted by molar-refractivity contribution is -0.385. The lowest BCUT2D eigenvalue weighted by Gasteiger charge is -2.12. The number of amides is 1. The largest absolute Gasteiger partial charge is 0.479 e. The van der Waals surface area contributed by atoms with E-state index < -0.39 is 11.0 Å². The van der Waals surface area contributed by atoms with Crippen LogP contribution in [0.1, 0.15) is 24.5 Å². The predicted octanol–water partition coefficient (Wildman–Crippen LogP) is 5.46. The molecule has 0 fully saturated rings. The first-order valence-electron chi connectivity index (χ1n) is 8.85. The van der Waals surface area contributed by atoms with Gasteiger partial charge in [-0.1, -0.05) is 41.0 Å². The van der Waals surface area contributed by atoms with Crippen molar-refractivity contribution in [1.82, 2.24) is 10.2 Å². The number of carbonyl (C=O) groups excluding carboxylic acids is 1. The standard InChI is InChI=1S/C19H16Cl2N4O5S/c1-10-3-5-13(8-15(10)25(27)28)22-17(26)9-31-19-24-23-18(30-19)11(2)29-16-6-4-12(20)7-14(16)21/h3-8,11H,9H2,1-2H3,(H,22,26)/t11-/m0/s1. The smallest absolute Gasteiger partial charge is 0.277 e. The minimum Gasteiger partial charge on any atom is -0.479 e. The van der Waals surface area contributed by atoms with Crippen LogP contribution < -0.4 is 10.1 Å². The van der Waals surface area contributed by atoms with E-state index in [1.165, 1.54) is 6.07 Å². The van der Waals surface area contributed by atoms with Crippen LogP contribution in [-0.4, -0.2) is 26.8 Å². The molecule has 0 spiro atoms. The first-order chi connectivity index (χ1) is 14.7. The summed E-state index contributed by atoms with van der Waals surface area (Å²) < 4.78 is 11.2. The Kier molecular flexibility index (Phi) is 7.37. The van der Waals surface area contributed by atoms with Crippen molar-refractivity contribution >= 4 is 52.2 Å². The highest BCUT2D eigenvalue weighted by Crippen LogP contribution is 2.31. The average molecular weight is 483 g/mol. The van der Waals surface area contributed by atoms with Gasteiger partial charge in [-0.2, -0.15) is 0 Å². The number of carbonyl (C=O) groups is 1. The number of benzene rings is 2. The number of ether oxygens (including phenoxy) is 1. The molecule has 12 heteroatoms. The summed E-state index contributed by atoms with van der Waals surface area (Å²) in [6.07, 6.45) is -0.581. The van der Waals surface area contributed by atoms with Crippen molar-refractivity contribution in [2.75, 3.05) is 11.1 Å². The van der Waals surface area contributed by atoms with Gasteiger partial charge in [0.15, 0.2) is 6.10 Å². The van der Waals surface area contributed by atoms with E-state index in [0.29, 0.717) is 27.0 Å². The molecule has 1 atom stereocenters. The Labute approximate surface area is 191 Å². The molecule has 2 aromatic carbocycles. The number of hydrogen-bond donors (Lipinski definition) is 1. The fourth-order valence-corrected chi connectivity index (χ4v) is 3.49. The number of anilines is 1. The third-order valence-electron chi connectivity index (χ3n) is 3.98. The monoisotopic (exact) mass is 482 g/mol. The molecule has 3 rings (SSSR count). The Bertz CT molecular complexity index is 1120. The number of halogens is 2. The topological polar surface area (TPSA) is 120 Å². The van der Waals surface area contributed by atoms with Crippen LogP contribution in [0.3, 0.4) is 0 Å². The maximum atomic E-state index is 12.2. The second-order valence-corrected chi connectivity index (χ2v) is 8.11. The van der Waals surface area contributed by atoms with E-state index in [1.54, 1.807) is 44.2 Å². The van der Waals surface area contributed by atoms with E-state index in [0.717, 1.165) is 11.8 Å². The van der Waals surface area contributed by atoms with Gasteiger partial charge in [0.25, 0.3) is 16.8 Å². The molecule has 3 aromatic rings. The van der Waals surface area contributed by atoms with Crippen LogP contribution in [0.2, 0.25) is 10.0 Å². The van der Waals surface area contributed by atoms with E-state index in [1.807, 2.05) is 0 Å². The average Bonchev–Trinajstić information content (AvgIpc) is 3.19. The Morgan fingerprint density at radius 3 is 2.77 bits per heavy atom. The van der Waals surface area contributed by atoms with Crippen molar-refractivity contribution in [2.24, 2.45) is 0 Å². The maximum absolute atomic E-state index is 12.2. The lowest BCUT2D eigenvalue weighted by Crippen LogP contribution is -2.14. The summed E-state index contributed by atoms with van der Waals surface area (Å²) >= 11 is 13.0. The number of hydrogen-bond acceptors (Lipinski definition) is 8. The Balaban J connectivity index is 1.55. The predicted molar refractivity (Wildman–Crippen MR) is 117 cm³/mol. The van der Waals surface area contributed by atoms with Gasteiger partial charge >= 0.3 is 0 Å². The van der Waals surface area contributed by atoms with Gasteiger partial charge in [0.1, 0.15) is 5.75 Å². The molecule has 0 saturated carbocycles. The molecule has 1 heterocycles. The molecule has 0 aliphatic rings. The molecule has 0 aliphatic heterocycles. The van der Waals surface area contributed by atoms with Crippen LogP contribution in [-0.2, 0) is 4.79 Å². The molecule has 0 bridgehead atoms. The molecule has 1 N–H and O–H groups in total. The molecule has 0 unspecified atom stereocenters. The molecule has 31 heavy (non-hydrogen) atoms. The van der Waals surface area contributed by atoms with Crippen molar-refractivity contribution in [2.45, 2.75) is 25.2 Å². The molecular weight excluding hydrogens is 467 g/mol. The van der Waals surface area contributed by atoms with Crippen LogP contribution in [0.4, 0.5) is 11.4 Å². The summed E-state index contributed by atoms with van der Waals surface area (Å²) in [5.74, 6) is 0.224. The third-order valence-corrected chi connectivity index (χ3v) is 5.33. The first-order valence-corrected chi connectivity index (χ1v) is 10.6. The molecule has 162 valence electrons. The highest BCUT2D eigenvalue weighted by atomic mass is 35.5. The number of aryl methyl sites for hydroxylation is 1. The van der Waals surface area contributed by atoms with Gasteiger partial charge in [-0.15, -0.1) is 10.2 Å². The minimum absolute atomic E-state index is 0.0262. The highest BCUT2D eigenvalue weighted by Gasteiger charge is 2.18. The van der Waals surface area contributed by atoms with E-state index in [-0.39, 0.29) is 28.5 Å². The second-order valence-electron chi connectivity index (χ2n) is 6.34. The summed E-state index contributed by atoms with van der Waals surface area (Å²) in [7, 11) is 0. The number of nitrogens with one attached hydrogen (secondary N) is 1. The van der Waals surface area contributed by atoms with Crippen LogP contribution >= 0.6 is 35.0 Å². The molecular formula is C19H16Cl2N4O5S. The summed E-state index contributed by atoms with van der Waals surface area (Å²) in [6, 6.07) is 9.31. The SMILES string of the molecule is Cc1ccc(NC(=O)CSc2nnc([C@H](C)Oc3ccc(Cl)cc3Cl)o2)cc1[N+](=O)[O-]. The number of nitro benzene ring substituents is 1. The zero-order chi connectivity index (χ0) is 22.5. The third kappa shape index (κ3) is 6.09.